The summed E-state index contributed by atoms with van der Waals surface area (Å²) in [5, 5.41) is 10.8. The fraction of sp³-hybridized carbons (Fsp3) is 0.154. The Bertz CT molecular complexity index is 684. The molecule has 2 rings (SSSR count). The van der Waals surface area contributed by atoms with Crippen molar-refractivity contribution in [1.29, 1.82) is 0 Å². The average Bonchev–Trinajstić information content (AvgIpc) is 2.41. The summed E-state index contributed by atoms with van der Waals surface area (Å²) in [6.45, 7) is 0.238. The van der Waals surface area contributed by atoms with E-state index in [9.17, 15) is 19.3 Å². The molecule has 0 atom stereocenters. The molecule has 1 aromatic heterocycles. The minimum Gasteiger partial charge on any atom is -0.485 e. The molecule has 1 aromatic carbocycles. The number of benzene rings is 1. The third kappa shape index (κ3) is 3.19. The number of hydrogen-bond acceptors (Lipinski definition) is 4. The van der Waals surface area contributed by atoms with E-state index in [4.69, 9.17) is 4.74 Å². The van der Waals surface area contributed by atoms with Gasteiger partial charge in [-0.2, -0.15) is 0 Å². The molecule has 1 heterocycles. The first kappa shape index (κ1) is 13.7. The van der Waals surface area contributed by atoms with Gasteiger partial charge in [0.05, 0.1) is 11.5 Å². The van der Waals surface area contributed by atoms with Crippen LogP contribution in [0.15, 0.2) is 47.4 Å². The lowest BCUT2D eigenvalue weighted by Gasteiger charge is -2.08. The first-order valence-corrected chi connectivity index (χ1v) is 5.80. The van der Waals surface area contributed by atoms with Crippen molar-refractivity contribution < 1.29 is 14.1 Å². The molecule has 6 nitrogen and oxygen atoms in total. The van der Waals surface area contributed by atoms with Gasteiger partial charge in [0.1, 0.15) is 12.4 Å². The van der Waals surface area contributed by atoms with Gasteiger partial charge in [0.25, 0.3) is 5.56 Å². The van der Waals surface area contributed by atoms with E-state index in [1.165, 1.54) is 10.6 Å². The third-order valence-corrected chi connectivity index (χ3v) is 2.61. The summed E-state index contributed by atoms with van der Waals surface area (Å²) in [6, 6.07) is 7.67. The summed E-state index contributed by atoms with van der Waals surface area (Å²) in [5.41, 5.74) is -0.517. The molecule has 0 radical (unpaired) electrons. The summed E-state index contributed by atoms with van der Waals surface area (Å²) in [6.07, 6.45) is 1.58. The van der Waals surface area contributed by atoms with Gasteiger partial charge in [0, 0.05) is 24.4 Å². The van der Waals surface area contributed by atoms with E-state index in [1.54, 1.807) is 18.3 Å². The highest BCUT2D eigenvalue weighted by molar-refractivity contribution is 5.46. The zero-order chi connectivity index (χ0) is 14.5. The number of aromatic nitrogens is 1. The van der Waals surface area contributed by atoms with Crippen molar-refractivity contribution in [2.24, 2.45) is 0 Å². The van der Waals surface area contributed by atoms with Crippen LogP contribution in [0.3, 0.4) is 0 Å². The second kappa shape index (κ2) is 5.96. The van der Waals surface area contributed by atoms with Gasteiger partial charge in [-0.05, 0) is 12.1 Å². The van der Waals surface area contributed by atoms with Crippen LogP contribution in [0.1, 0.15) is 0 Å². The van der Waals surface area contributed by atoms with Crippen LogP contribution >= 0.6 is 0 Å². The van der Waals surface area contributed by atoms with Crippen LogP contribution in [-0.4, -0.2) is 16.1 Å². The Labute approximate surface area is 113 Å². The Balaban J connectivity index is 2.08. The minimum absolute atomic E-state index is 0.0220. The number of nitro benzene ring substituents is 1. The number of nitro groups is 1. The first-order valence-electron chi connectivity index (χ1n) is 5.80. The first-order chi connectivity index (χ1) is 9.58. The lowest BCUT2D eigenvalue weighted by molar-refractivity contribution is -0.385. The summed E-state index contributed by atoms with van der Waals surface area (Å²) in [5.74, 6) is -0.776. The maximum absolute atomic E-state index is 13.1. The molecule has 0 spiro atoms. The van der Waals surface area contributed by atoms with Crippen LogP contribution in [0.4, 0.5) is 10.1 Å². The molecule has 2 aromatic rings. The lowest BCUT2D eigenvalue weighted by atomic mass is 10.3. The summed E-state index contributed by atoms with van der Waals surface area (Å²) >= 11 is 0. The number of pyridine rings is 1. The highest BCUT2D eigenvalue weighted by atomic mass is 19.1. The molecule has 0 saturated heterocycles. The second-order valence-corrected chi connectivity index (χ2v) is 3.95. The SMILES string of the molecule is O=c1ccccn1CCOc1cc(F)ccc1[N+](=O)[O-]. The topological polar surface area (TPSA) is 74.4 Å². The molecular weight excluding hydrogens is 267 g/mol. The van der Waals surface area contributed by atoms with Crippen molar-refractivity contribution in [3.63, 3.8) is 0 Å². The number of halogens is 1. The number of ether oxygens (including phenoxy) is 1. The van der Waals surface area contributed by atoms with Gasteiger partial charge in [-0.15, -0.1) is 0 Å². The van der Waals surface area contributed by atoms with E-state index < -0.39 is 10.7 Å². The predicted molar refractivity (Wildman–Crippen MR) is 69.3 cm³/mol. The zero-order valence-corrected chi connectivity index (χ0v) is 10.4. The number of rotatable bonds is 5. The fourth-order valence-electron chi connectivity index (χ4n) is 1.65. The highest BCUT2D eigenvalue weighted by Crippen LogP contribution is 2.27. The third-order valence-electron chi connectivity index (χ3n) is 2.61. The minimum atomic E-state index is -0.649. The standard InChI is InChI=1S/C13H11FN2O4/c14-10-4-5-11(16(18)19)12(9-10)20-8-7-15-6-2-1-3-13(15)17/h1-6,9H,7-8H2. The maximum Gasteiger partial charge on any atom is 0.311 e. The molecule has 0 N–H and O–H groups in total. The van der Waals surface area contributed by atoms with Crippen molar-refractivity contribution >= 4 is 5.69 Å². The van der Waals surface area contributed by atoms with E-state index in [2.05, 4.69) is 0 Å². The Hall–Kier alpha value is -2.70. The normalized spacial score (nSPS) is 10.2. The molecule has 0 saturated carbocycles. The van der Waals surface area contributed by atoms with Crippen molar-refractivity contribution in [2.75, 3.05) is 6.61 Å². The maximum atomic E-state index is 13.1. The monoisotopic (exact) mass is 278 g/mol. The van der Waals surface area contributed by atoms with Gasteiger partial charge >= 0.3 is 5.69 Å². The van der Waals surface area contributed by atoms with E-state index >= 15 is 0 Å². The van der Waals surface area contributed by atoms with Crippen molar-refractivity contribution in [3.8, 4) is 5.75 Å². The number of hydrogen-bond donors (Lipinski definition) is 0. The average molecular weight is 278 g/mol. The van der Waals surface area contributed by atoms with Crippen molar-refractivity contribution in [2.45, 2.75) is 6.54 Å². The molecule has 0 amide bonds. The summed E-state index contributed by atoms with van der Waals surface area (Å²) in [4.78, 5) is 21.5. The van der Waals surface area contributed by atoms with Crippen LogP contribution in [0, 0.1) is 15.9 Å². The van der Waals surface area contributed by atoms with Gasteiger partial charge in [-0.1, -0.05) is 6.07 Å². The van der Waals surface area contributed by atoms with Gasteiger partial charge in [0.15, 0.2) is 5.75 Å². The molecule has 0 fully saturated rings. The van der Waals surface area contributed by atoms with E-state index in [0.717, 1.165) is 18.2 Å². The van der Waals surface area contributed by atoms with Crippen LogP contribution in [0.25, 0.3) is 0 Å². The molecule has 0 aliphatic heterocycles. The van der Waals surface area contributed by atoms with Crippen molar-refractivity contribution in [1.82, 2.24) is 4.57 Å². The molecule has 0 bridgehead atoms. The highest BCUT2D eigenvalue weighted by Gasteiger charge is 2.15. The lowest BCUT2D eigenvalue weighted by Crippen LogP contribution is -2.21. The van der Waals surface area contributed by atoms with Crippen LogP contribution in [-0.2, 0) is 6.54 Å². The van der Waals surface area contributed by atoms with Crippen LogP contribution < -0.4 is 10.3 Å². The molecule has 7 heteroatoms. The predicted octanol–water partition coefficient (Wildman–Crippen LogP) is 1.97. The largest absolute Gasteiger partial charge is 0.485 e. The van der Waals surface area contributed by atoms with Crippen LogP contribution in [0.2, 0.25) is 0 Å². The van der Waals surface area contributed by atoms with E-state index in [1.807, 2.05) is 0 Å². The Morgan fingerprint density at radius 2 is 2.10 bits per heavy atom. The van der Waals surface area contributed by atoms with Gasteiger partial charge in [0.2, 0.25) is 0 Å². The summed E-state index contributed by atoms with van der Waals surface area (Å²) < 4.78 is 19.7. The van der Waals surface area contributed by atoms with Gasteiger partial charge in [-0.3, -0.25) is 14.9 Å². The smallest absolute Gasteiger partial charge is 0.311 e. The Morgan fingerprint density at radius 1 is 1.30 bits per heavy atom. The fourth-order valence-corrected chi connectivity index (χ4v) is 1.65. The molecule has 0 aliphatic rings. The molecule has 20 heavy (non-hydrogen) atoms. The zero-order valence-electron chi connectivity index (χ0n) is 10.4. The summed E-state index contributed by atoms with van der Waals surface area (Å²) in [7, 11) is 0. The van der Waals surface area contributed by atoms with Crippen LogP contribution in [0.5, 0.6) is 5.75 Å². The van der Waals surface area contributed by atoms with E-state index in [-0.39, 0.29) is 30.1 Å². The van der Waals surface area contributed by atoms with Gasteiger partial charge in [-0.25, -0.2) is 4.39 Å². The van der Waals surface area contributed by atoms with E-state index in [0.29, 0.717) is 0 Å². The second-order valence-electron chi connectivity index (χ2n) is 3.95. The van der Waals surface area contributed by atoms with Crippen molar-refractivity contribution in [3.05, 3.63) is 68.9 Å². The Kier molecular flexibility index (Phi) is 4.09. The quantitative estimate of drug-likeness (QED) is 0.619. The Morgan fingerprint density at radius 3 is 2.80 bits per heavy atom. The molecule has 0 unspecified atom stereocenters. The molecule has 0 aliphatic carbocycles. The molecular formula is C13H11FN2O4. The molecule has 104 valence electrons. The number of nitrogens with zero attached hydrogens (tertiary/aromatic N) is 2. The van der Waals surface area contributed by atoms with Gasteiger partial charge < -0.3 is 9.30 Å².